The van der Waals surface area contributed by atoms with Crippen LogP contribution >= 0.6 is 0 Å². The molecule has 0 aromatic carbocycles. The second-order valence-corrected chi connectivity index (χ2v) is 1.67. The van der Waals surface area contributed by atoms with Crippen molar-refractivity contribution in [3.63, 3.8) is 0 Å². The van der Waals surface area contributed by atoms with Gasteiger partial charge >= 0.3 is 0 Å². The lowest BCUT2D eigenvalue weighted by Crippen LogP contribution is -1.90. The van der Waals surface area contributed by atoms with E-state index < -0.39 is 11.8 Å². The summed E-state index contributed by atoms with van der Waals surface area (Å²) in [7, 11) is 0. The van der Waals surface area contributed by atoms with Gasteiger partial charge in [0.1, 0.15) is 0 Å². The molecule has 0 heterocycles. The molecule has 0 spiro atoms. The fraction of sp³-hybridized carbons (Fsp3) is 0.250. The Morgan fingerprint density at radius 2 is 0.833 bits per heavy atom. The van der Waals surface area contributed by atoms with E-state index >= 15 is 0 Å². The third-order valence-electron chi connectivity index (χ3n) is 0.888. The van der Waals surface area contributed by atoms with Crippen molar-refractivity contribution >= 4 is 0 Å². The van der Waals surface area contributed by atoms with Gasteiger partial charge in [-0.15, -0.1) is 0 Å². The summed E-state index contributed by atoms with van der Waals surface area (Å²) in [4.78, 5) is 0. The zero-order chi connectivity index (χ0) is 9.40. The van der Waals surface area contributed by atoms with Crippen LogP contribution in [0.1, 0.15) is 0 Å². The Bertz CT molecular complexity index is 307. The monoisotopic (exact) mass is 154 g/mol. The first-order valence-electron chi connectivity index (χ1n) is 2.88. The Balaban J connectivity index is 4.46. The highest BCUT2D eigenvalue weighted by atomic mass is 14.3. The first-order valence-corrected chi connectivity index (χ1v) is 2.88. The van der Waals surface area contributed by atoms with Crippen molar-refractivity contribution in [3.05, 3.63) is 0 Å². The summed E-state index contributed by atoms with van der Waals surface area (Å²) in [6, 6.07) is 6.41. The number of hydrogen-bond donors (Lipinski definition) is 0. The van der Waals surface area contributed by atoms with Crippen molar-refractivity contribution in [2.45, 2.75) is 0 Å². The predicted molar refractivity (Wildman–Crippen MR) is 37.2 cm³/mol. The smallest absolute Gasteiger partial charge is 0.193 e. The van der Waals surface area contributed by atoms with Gasteiger partial charge in [0.15, 0.2) is 11.8 Å². The second-order valence-electron chi connectivity index (χ2n) is 1.67. The molecule has 0 saturated carbocycles. The molecular weight excluding hydrogens is 152 g/mol. The zero-order valence-corrected chi connectivity index (χ0v) is 5.94. The molecule has 0 atom stereocenters. The van der Waals surface area contributed by atoms with E-state index in [0.717, 1.165) is 0 Å². The number of nitrogens with zero attached hydrogens (tertiary/aromatic N) is 4. The highest BCUT2D eigenvalue weighted by molar-refractivity contribution is 5.26. The van der Waals surface area contributed by atoms with Gasteiger partial charge in [-0.05, 0) is 0 Å². The first-order chi connectivity index (χ1) is 5.78. The van der Waals surface area contributed by atoms with Gasteiger partial charge in [-0.25, -0.2) is 0 Å². The molecule has 0 aliphatic carbocycles. The van der Waals surface area contributed by atoms with E-state index in [-0.39, 0.29) is 0 Å². The maximum absolute atomic E-state index is 8.24. The average Bonchev–Trinajstić information content (AvgIpc) is 2.13. The van der Waals surface area contributed by atoms with E-state index in [2.05, 4.69) is 11.8 Å². The molecule has 0 aliphatic heterocycles. The van der Waals surface area contributed by atoms with E-state index in [1.54, 1.807) is 24.3 Å². The van der Waals surface area contributed by atoms with E-state index in [4.69, 9.17) is 21.0 Å². The van der Waals surface area contributed by atoms with Gasteiger partial charge in [-0.2, -0.15) is 21.0 Å². The molecule has 0 unspecified atom stereocenters. The summed E-state index contributed by atoms with van der Waals surface area (Å²) >= 11 is 0. The molecule has 0 bridgehead atoms. The van der Waals surface area contributed by atoms with E-state index in [0.29, 0.717) is 0 Å². The number of rotatable bonds is 0. The highest BCUT2D eigenvalue weighted by Crippen LogP contribution is 1.91. The fourth-order valence-corrected chi connectivity index (χ4v) is 0.354. The van der Waals surface area contributed by atoms with Crippen LogP contribution in [0.15, 0.2) is 0 Å². The van der Waals surface area contributed by atoms with Crippen molar-refractivity contribution in [2.24, 2.45) is 11.8 Å². The molecule has 54 valence electrons. The Morgan fingerprint density at radius 1 is 0.583 bits per heavy atom. The lowest BCUT2D eigenvalue weighted by molar-refractivity contribution is 1.10. The minimum absolute atomic E-state index is 1.06. The van der Waals surface area contributed by atoms with Crippen molar-refractivity contribution in [1.82, 2.24) is 0 Å². The van der Waals surface area contributed by atoms with Crippen molar-refractivity contribution in [1.29, 1.82) is 21.0 Å². The molecular formula is C8H2N4. The van der Waals surface area contributed by atoms with Crippen LogP contribution in [-0.2, 0) is 0 Å². The summed E-state index contributed by atoms with van der Waals surface area (Å²) < 4.78 is 0. The van der Waals surface area contributed by atoms with Crippen LogP contribution in [0, 0.1) is 69.0 Å². The summed E-state index contributed by atoms with van der Waals surface area (Å²) in [5, 5.41) is 33.0. The van der Waals surface area contributed by atoms with E-state index in [1.165, 1.54) is 0 Å². The summed E-state index contributed by atoms with van der Waals surface area (Å²) in [5.41, 5.74) is 0. The van der Waals surface area contributed by atoms with Crippen molar-refractivity contribution in [3.8, 4) is 36.1 Å². The molecule has 0 aromatic heterocycles. The van der Waals surface area contributed by atoms with Crippen LogP contribution in [0.25, 0.3) is 0 Å². The minimum Gasteiger partial charge on any atom is -0.196 e. The standard InChI is InChI=1S/C8H2N4/c9-3-7(4-10)1-2-8(5-11)6-12/h7-8H. The minimum atomic E-state index is -1.06. The fourth-order valence-electron chi connectivity index (χ4n) is 0.354. The Labute approximate surface area is 69.9 Å². The van der Waals surface area contributed by atoms with Gasteiger partial charge < -0.3 is 0 Å². The molecule has 0 fully saturated rings. The molecule has 0 radical (unpaired) electrons. The van der Waals surface area contributed by atoms with Gasteiger partial charge in [0.05, 0.1) is 24.3 Å². The normalized spacial score (nSPS) is 6.83. The van der Waals surface area contributed by atoms with Crippen molar-refractivity contribution < 1.29 is 0 Å². The van der Waals surface area contributed by atoms with Crippen LogP contribution in [0.4, 0.5) is 0 Å². The van der Waals surface area contributed by atoms with Crippen molar-refractivity contribution in [2.75, 3.05) is 0 Å². The third-order valence-corrected chi connectivity index (χ3v) is 0.888. The first kappa shape index (κ1) is 9.52. The van der Waals surface area contributed by atoms with Gasteiger partial charge in [0.2, 0.25) is 0 Å². The Hall–Kier alpha value is -2.48. The molecule has 12 heavy (non-hydrogen) atoms. The molecule has 0 N–H and O–H groups in total. The summed E-state index contributed by atoms with van der Waals surface area (Å²) in [5.74, 6) is 2.29. The Morgan fingerprint density at radius 3 is 1.00 bits per heavy atom. The van der Waals surface area contributed by atoms with Crippen LogP contribution in [0.2, 0.25) is 0 Å². The highest BCUT2D eigenvalue weighted by Gasteiger charge is 2.01. The van der Waals surface area contributed by atoms with Gasteiger partial charge in [-0.1, -0.05) is 11.8 Å². The van der Waals surface area contributed by atoms with Gasteiger partial charge in [-0.3, -0.25) is 0 Å². The second kappa shape index (κ2) is 5.32. The zero-order valence-electron chi connectivity index (χ0n) is 5.94. The average molecular weight is 154 g/mol. The quantitative estimate of drug-likeness (QED) is 0.469. The Kier molecular flexibility index (Phi) is 4.22. The number of hydrogen-bond acceptors (Lipinski definition) is 4. The van der Waals surface area contributed by atoms with E-state index in [1.807, 2.05) is 0 Å². The van der Waals surface area contributed by atoms with Crippen LogP contribution in [0.5, 0.6) is 0 Å². The third kappa shape index (κ3) is 2.89. The molecule has 0 rings (SSSR count). The molecule has 0 aliphatic rings. The number of nitriles is 4. The molecule has 0 saturated heterocycles. The predicted octanol–water partition coefficient (Wildman–Crippen LogP) is 0.317. The van der Waals surface area contributed by atoms with Crippen LogP contribution in [-0.4, -0.2) is 0 Å². The molecule has 0 aromatic rings. The maximum Gasteiger partial charge on any atom is 0.193 e. The van der Waals surface area contributed by atoms with Crippen LogP contribution < -0.4 is 0 Å². The van der Waals surface area contributed by atoms with Crippen LogP contribution in [0.3, 0.4) is 0 Å². The lowest BCUT2D eigenvalue weighted by Gasteiger charge is -1.82. The SMILES string of the molecule is N#CC(C#N)C#CC(C#N)C#N. The molecule has 0 amide bonds. The topological polar surface area (TPSA) is 95.2 Å². The molecule has 4 nitrogen and oxygen atoms in total. The summed E-state index contributed by atoms with van der Waals surface area (Å²) in [6.07, 6.45) is 0. The molecule has 4 heteroatoms. The lowest BCUT2D eigenvalue weighted by atomic mass is 10.1. The van der Waals surface area contributed by atoms with E-state index in [9.17, 15) is 0 Å². The maximum atomic E-state index is 8.24. The van der Waals surface area contributed by atoms with Gasteiger partial charge in [0, 0.05) is 0 Å². The largest absolute Gasteiger partial charge is 0.196 e. The van der Waals surface area contributed by atoms with Gasteiger partial charge in [0.25, 0.3) is 0 Å². The summed E-state index contributed by atoms with van der Waals surface area (Å²) in [6.45, 7) is 0.